The molecule has 1 aliphatic rings. The van der Waals surface area contributed by atoms with E-state index in [2.05, 4.69) is 23.6 Å². The summed E-state index contributed by atoms with van der Waals surface area (Å²) in [4.78, 5) is 12.2. The van der Waals surface area contributed by atoms with Crippen LogP contribution in [0.4, 0.5) is 5.69 Å². The van der Waals surface area contributed by atoms with E-state index in [1.807, 2.05) is 13.8 Å². The van der Waals surface area contributed by atoms with Crippen LogP contribution in [0.1, 0.15) is 23.1 Å². The van der Waals surface area contributed by atoms with Crippen molar-refractivity contribution in [3.8, 4) is 5.75 Å². The van der Waals surface area contributed by atoms with Crippen LogP contribution in [0.15, 0.2) is 6.07 Å². The summed E-state index contributed by atoms with van der Waals surface area (Å²) in [5, 5.41) is 6.25. The number of rotatable bonds is 3. The van der Waals surface area contributed by atoms with E-state index in [1.54, 1.807) is 7.11 Å². The number of hydrogen-bond acceptors (Lipinski definition) is 3. The maximum Gasteiger partial charge on any atom is 0.228 e. The highest BCUT2D eigenvalue weighted by atomic mass is 16.5. The maximum atomic E-state index is 12.2. The molecule has 2 N–H and O–H groups in total. The quantitative estimate of drug-likeness (QED) is 0.877. The molecular formula is C15H22N2O2. The molecule has 4 heteroatoms. The van der Waals surface area contributed by atoms with Gasteiger partial charge < -0.3 is 15.4 Å². The van der Waals surface area contributed by atoms with Crippen LogP contribution in [0, 0.1) is 26.7 Å². The van der Waals surface area contributed by atoms with Crippen molar-refractivity contribution in [1.82, 2.24) is 5.32 Å². The molecule has 0 bridgehead atoms. The summed E-state index contributed by atoms with van der Waals surface area (Å²) in [6.45, 7) is 7.74. The van der Waals surface area contributed by atoms with Gasteiger partial charge in [-0.15, -0.1) is 0 Å². The third-order valence-electron chi connectivity index (χ3n) is 3.87. The van der Waals surface area contributed by atoms with E-state index in [9.17, 15) is 4.79 Å². The highest BCUT2D eigenvalue weighted by molar-refractivity contribution is 5.95. The molecule has 1 saturated heterocycles. The van der Waals surface area contributed by atoms with Crippen molar-refractivity contribution >= 4 is 11.6 Å². The molecule has 4 nitrogen and oxygen atoms in total. The Morgan fingerprint density at radius 1 is 1.37 bits per heavy atom. The first-order valence-electron chi connectivity index (χ1n) is 6.71. The smallest absolute Gasteiger partial charge is 0.228 e. The normalized spacial score (nSPS) is 18.4. The summed E-state index contributed by atoms with van der Waals surface area (Å²) in [5.74, 6) is 0.914. The number of carbonyl (C=O) groups is 1. The van der Waals surface area contributed by atoms with Gasteiger partial charge in [-0.05, 0) is 50.4 Å². The van der Waals surface area contributed by atoms with Crippen molar-refractivity contribution < 1.29 is 9.53 Å². The first-order valence-corrected chi connectivity index (χ1v) is 6.71. The minimum Gasteiger partial charge on any atom is -0.494 e. The molecule has 0 saturated carbocycles. The summed E-state index contributed by atoms with van der Waals surface area (Å²) < 4.78 is 5.47. The van der Waals surface area contributed by atoms with E-state index in [-0.39, 0.29) is 11.8 Å². The fourth-order valence-corrected chi connectivity index (χ4v) is 2.57. The highest BCUT2D eigenvalue weighted by Gasteiger charge is 2.24. The number of carbonyl (C=O) groups excluding carboxylic acids is 1. The average Bonchev–Trinajstić information content (AvgIpc) is 2.90. The molecule has 0 radical (unpaired) electrons. The van der Waals surface area contributed by atoms with Crippen molar-refractivity contribution in [2.45, 2.75) is 27.2 Å². The first kappa shape index (κ1) is 13.9. The molecule has 0 aromatic heterocycles. The molecule has 1 unspecified atom stereocenters. The van der Waals surface area contributed by atoms with Gasteiger partial charge in [-0.3, -0.25) is 4.79 Å². The van der Waals surface area contributed by atoms with Crippen LogP contribution in [0.25, 0.3) is 0 Å². The third kappa shape index (κ3) is 2.73. The van der Waals surface area contributed by atoms with Crippen molar-refractivity contribution in [2.75, 3.05) is 25.5 Å². The summed E-state index contributed by atoms with van der Waals surface area (Å²) >= 11 is 0. The van der Waals surface area contributed by atoms with E-state index in [1.165, 1.54) is 5.56 Å². The van der Waals surface area contributed by atoms with E-state index < -0.39 is 0 Å². The van der Waals surface area contributed by atoms with Gasteiger partial charge >= 0.3 is 0 Å². The summed E-state index contributed by atoms with van der Waals surface area (Å²) in [7, 11) is 1.65. The van der Waals surface area contributed by atoms with Crippen LogP contribution < -0.4 is 15.4 Å². The zero-order valence-electron chi connectivity index (χ0n) is 12.1. The number of ether oxygens (including phenoxy) is 1. The minimum atomic E-state index is 0.0608. The molecule has 1 aliphatic heterocycles. The Morgan fingerprint density at radius 3 is 2.68 bits per heavy atom. The Bertz CT molecular complexity index is 491. The lowest BCUT2D eigenvalue weighted by atomic mass is 10.0. The van der Waals surface area contributed by atoms with E-state index in [4.69, 9.17) is 4.74 Å². The molecular weight excluding hydrogens is 240 g/mol. The second-order valence-corrected chi connectivity index (χ2v) is 5.22. The third-order valence-corrected chi connectivity index (χ3v) is 3.87. The van der Waals surface area contributed by atoms with Crippen LogP contribution in [-0.4, -0.2) is 26.1 Å². The average molecular weight is 262 g/mol. The number of hydrogen-bond donors (Lipinski definition) is 2. The molecule has 104 valence electrons. The Hall–Kier alpha value is -1.55. The Balaban J connectivity index is 2.28. The number of benzene rings is 1. The summed E-state index contributed by atoms with van der Waals surface area (Å²) in [5.41, 5.74) is 4.10. The van der Waals surface area contributed by atoms with Crippen molar-refractivity contribution in [2.24, 2.45) is 5.92 Å². The highest BCUT2D eigenvalue weighted by Crippen LogP contribution is 2.34. The number of nitrogens with one attached hydrogen (secondary N) is 2. The van der Waals surface area contributed by atoms with Gasteiger partial charge in [0.05, 0.1) is 18.7 Å². The zero-order chi connectivity index (χ0) is 14.0. The number of anilines is 1. The van der Waals surface area contributed by atoms with Gasteiger partial charge in [0.1, 0.15) is 5.75 Å². The molecule has 1 aromatic rings. The molecule has 1 fully saturated rings. The van der Waals surface area contributed by atoms with Gasteiger partial charge in [-0.1, -0.05) is 6.07 Å². The lowest BCUT2D eigenvalue weighted by Gasteiger charge is -2.18. The van der Waals surface area contributed by atoms with E-state index in [0.29, 0.717) is 0 Å². The summed E-state index contributed by atoms with van der Waals surface area (Å²) in [6, 6.07) is 2.08. The minimum absolute atomic E-state index is 0.0608. The van der Waals surface area contributed by atoms with Gasteiger partial charge in [0, 0.05) is 6.54 Å². The Kier molecular flexibility index (Phi) is 4.10. The molecule has 0 aliphatic carbocycles. The number of aryl methyl sites for hydroxylation is 2. The standard InChI is InChI=1S/C15H22N2O2/c1-9-7-10(2)13(14(19-4)11(9)3)17-15(18)12-5-6-16-8-12/h7,12,16H,5-6,8H2,1-4H3,(H,17,18). The molecule has 19 heavy (non-hydrogen) atoms. The number of methoxy groups -OCH3 is 1. The van der Waals surface area contributed by atoms with Gasteiger partial charge in [0.25, 0.3) is 0 Å². The van der Waals surface area contributed by atoms with Gasteiger partial charge in [-0.2, -0.15) is 0 Å². The SMILES string of the molecule is COc1c(C)c(C)cc(C)c1NC(=O)C1CCNC1. The molecule has 1 heterocycles. The molecule has 2 rings (SSSR count). The molecule has 1 atom stereocenters. The maximum absolute atomic E-state index is 12.2. The van der Waals surface area contributed by atoms with Crippen molar-refractivity contribution in [3.05, 3.63) is 22.8 Å². The van der Waals surface area contributed by atoms with E-state index in [0.717, 1.165) is 42.1 Å². The first-order chi connectivity index (χ1) is 9.04. The van der Waals surface area contributed by atoms with Crippen molar-refractivity contribution in [3.63, 3.8) is 0 Å². The Labute approximate surface area is 114 Å². The van der Waals surface area contributed by atoms with Crippen LogP contribution >= 0.6 is 0 Å². The van der Waals surface area contributed by atoms with Gasteiger partial charge in [0.2, 0.25) is 5.91 Å². The fourth-order valence-electron chi connectivity index (χ4n) is 2.57. The number of amides is 1. The lowest BCUT2D eigenvalue weighted by Crippen LogP contribution is -2.25. The zero-order valence-corrected chi connectivity index (χ0v) is 12.1. The van der Waals surface area contributed by atoms with Crippen LogP contribution in [0.3, 0.4) is 0 Å². The topological polar surface area (TPSA) is 50.4 Å². The second kappa shape index (κ2) is 5.61. The summed E-state index contributed by atoms with van der Waals surface area (Å²) in [6.07, 6.45) is 0.901. The largest absolute Gasteiger partial charge is 0.494 e. The Morgan fingerprint density at radius 2 is 2.11 bits per heavy atom. The van der Waals surface area contributed by atoms with Crippen molar-refractivity contribution in [1.29, 1.82) is 0 Å². The molecule has 0 spiro atoms. The predicted octanol–water partition coefficient (Wildman–Crippen LogP) is 2.17. The van der Waals surface area contributed by atoms with Gasteiger partial charge in [-0.25, -0.2) is 0 Å². The van der Waals surface area contributed by atoms with Crippen LogP contribution in [-0.2, 0) is 4.79 Å². The van der Waals surface area contributed by atoms with Gasteiger partial charge in [0.15, 0.2) is 0 Å². The van der Waals surface area contributed by atoms with Crippen LogP contribution in [0.2, 0.25) is 0 Å². The van der Waals surface area contributed by atoms with E-state index >= 15 is 0 Å². The molecule has 1 amide bonds. The fraction of sp³-hybridized carbons (Fsp3) is 0.533. The molecule has 1 aromatic carbocycles. The second-order valence-electron chi connectivity index (χ2n) is 5.22. The predicted molar refractivity (Wildman–Crippen MR) is 76.8 cm³/mol. The monoisotopic (exact) mass is 262 g/mol. The van der Waals surface area contributed by atoms with Crippen LogP contribution in [0.5, 0.6) is 5.75 Å². The lowest BCUT2D eigenvalue weighted by molar-refractivity contribution is -0.119.